The van der Waals surface area contributed by atoms with Crippen LogP contribution in [-0.2, 0) is 4.79 Å². The van der Waals surface area contributed by atoms with E-state index < -0.39 is 0 Å². The lowest BCUT2D eigenvalue weighted by Gasteiger charge is -2.42. The Morgan fingerprint density at radius 3 is 2.60 bits per heavy atom. The molecule has 1 amide bonds. The number of rotatable bonds is 6. The lowest BCUT2D eigenvalue weighted by atomic mass is 9.79. The zero-order valence-corrected chi connectivity index (χ0v) is 17.0. The summed E-state index contributed by atoms with van der Waals surface area (Å²) in [6.07, 6.45) is 1.41. The highest BCUT2D eigenvalue weighted by Crippen LogP contribution is 2.32. The lowest BCUT2D eigenvalue weighted by Crippen LogP contribution is -2.54. The topological polar surface area (TPSA) is 64.8 Å². The second-order valence-electron chi connectivity index (χ2n) is 6.81. The zero-order valence-electron chi connectivity index (χ0n) is 15.4. The molecule has 0 bridgehead atoms. The first-order valence-corrected chi connectivity index (χ1v) is 9.24. The van der Waals surface area contributed by atoms with Crippen LogP contribution in [0.25, 0.3) is 0 Å². The van der Waals surface area contributed by atoms with Crippen molar-refractivity contribution in [2.75, 3.05) is 33.1 Å². The number of carbonyl (C=O) groups is 1. The molecule has 0 aromatic heterocycles. The number of likely N-dealkylation sites (tertiary alicyclic amines) is 1. The smallest absolute Gasteiger partial charge is 0.223 e. The van der Waals surface area contributed by atoms with E-state index in [0.29, 0.717) is 17.9 Å². The lowest BCUT2D eigenvalue weighted by molar-refractivity contribution is -0.134. The third-order valence-electron chi connectivity index (χ3n) is 4.60. The van der Waals surface area contributed by atoms with Crippen LogP contribution >= 0.6 is 24.2 Å². The molecule has 1 atom stereocenters. The van der Waals surface area contributed by atoms with Gasteiger partial charge in [0.25, 0.3) is 0 Å². The van der Waals surface area contributed by atoms with E-state index in [9.17, 15) is 4.79 Å². The Hall–Kier alpha value is -1.11. The van der Waals surface area contributed by atoms with Crippen LogP contribution < -0.4 is 15.2 Å². The molecule has 1 unspecified atom stereocenters. The first kappa shape index (κ1) is 21.9. The van der Waals surface area contributed by atoms with E-state index in [2.05, 4.69) is 13.8 Å². The minimum absolute atomic E-state index is 0. The number of thioether (sulfide) groups is 1. The maximum absolute atomic E-state index is 12.4. The molecule has 0 radical (unpaired) electrons. The molecule has 1 fully saturated rings. The predicted molar refractivity (Wildman–Crippen MR) is 105 cm³/mol. The Morgan fingerprint density at radius 2 is 2.00 bits per heavy atom. The molecule has 25 heavy (non-hydrogen) atoms. The molecule has 142 valence electrons. The van der Waals surface area contributed by atoms with Gasteiger partial charge in [0.1, 0.15) is 0 Å². The second-order valence-corrected chi connectivity index (χ2v) is 7.98. The Labute approximate surface area is 161 Å². The molecule has 7 heteroatoms. The molecule has 1 aromatic rings. The Balaban J connectivity index is 0.00000312. The molecule has 1 aliphatic heterocycles. The van der Waals surface area contributed by atoms with E-state index in [0.717, 1.165) is 30.2 Å². The number of amides is 1. The molecule has 0 saturated carbocycles. The van der Waals surface area contributed by atoms with Crippen LogP contribution in [0.5, 0.6) is 11.5 Å². The van der Waals surface area contributed by atoms with Gasteiger partial charge >= 0.3 is 0 Å². The fraction of sp³-hybridized carbons (Fsp3) is 0.611. The van der Waals surface area contributed by atoms with Crippen LogP contribution in [0.15, 0.2) is 23.1 Å². The normalized spacial score (nSPS) is 19.1. The van der Waals surface area contributed by atoms with Gasteiger partial charge in [-0.2, -0.15) is 0 Å². The standard InChI is InChI=1S/C18H28N2O3S.ClH/c1-18(2)12-20(9-7-16(18)19)17(21)8-10-24-13-5-6-14(22-3)15(11-13)23-4;/h5-6,11,16H,7-10,12,19H2,1-4H3;1H. The molecule has 0 spiro atoms. The van der Waals surface area contributed by atoms with E-state index in [1.165, 1.54) is 0 Å². The predicted octanol–water partition coefficient (Wildman–Crippen LogP) is 3.19. The van der Waals surface area contributed by atoms with Crippen molar-refractivity contribution in [3.63, 3.8) is 0 Å². The molecule has 1 saturated heterocycles. The number of carbonyl (C=O) groups excluding carboxylic acids is 1. The fourth-order valence-electron chi connectivity index (χ4n) is 2.91. The number of hydrogen-bond donors (Lipinski definition) is 1. The number of nitrogens with zero attached hydrogens (tertiary/aromatic N) is 1. The maximum Gasteiger partial charge on any atom is 0.223 e. The van der Waals surface area contributed by atoms with Gasteiger partial charge in [-0.15, -0.1) is 24.2 Å². The van der Waals surface area contributed by atoms with E-state index >= 15 is 0 Å². The zero-order chi connectivity index (χ0) is 17.7. The van der Waals surface area contributed by atoms with E-state index in [1.807, 2.05) is 23.1 Å². The minimum atomic E-state index is -0.00952. The first-order valence-electron chi connectivity index (χ1n) is 8.25. The van der Waals surface area contributed by atoms with Crippen molar-refractivity contribution in [2.45, 2.75) is 37.6 Å². The van der Waals surface area contributed by atoms with Crippen LogP contribution in [0.3, 0.4) is 0 Å². The Kier molecular flexibility index (Phi) is 8.38. The monoisotopic (exact) mass is 388 g/mol. The number of benzene rings is 1. The van der Waals surface area contributed by atoms with Gasteiger partial charge in [0.2, 0.25) is 5.91 Å². The summed E-state index contributed by atoms with van der Waals surface area (Å²) >= 11 is 1.65. The summed E-state index contributed by atoms with van der Waals surface area (Å²) in [5, 5.41) is 0. The maximum atomic E-state index is 12.4. The van der Waals surface area contributed by atoms with Crippen molar-refractivity contribution in [3.8, 4) is 11.5 Å². The Bertz CT molecular complexity index is 583. The molecule has 1 aromatic carbocycles. The van der Waals surface area contributed by atoms with Gasteiger partial charge in [-0.1, -0.05) is 13.8 Å². The highest BCUT2D eigenvalue weighted by Gasteiger charge is 2.34. The van der Waals surface area contributed by atoms with Crippen molar-refractivity contribution in [3.05, 3.63) is 18.2 Å². The van der Waals surface area contributed by atoms with Gasteiger partial charge in [-0.05, 0) is 30.0 Å². The number of ether oxygens (including phenoxy) is 2. The van der Waals surface area contributed by atoms with Crippen LogP contribution in [0.2, 0.25) is 0 Å². The van der Waals surface area contributed by atoms with Crippen molar-refractivity contribution in [1.82, 2.24) is 4.90 Å². The van der Waals surface area contributed by atoms with Crippen molar-refractivity contribution < 1.29 is 14.3 Å². The van der Waals surface area contributed by atoms with Crippen LogP contribution in [0, 0.1) is 5.41 Å². The van der Waals surface area contributed by atoms with E-state index in [1.54, 1.807) is 26.0 Å². The van der Waals surface area contributed by atoms with Crippen molar-refractivity contribution in [1.29, 1.82) is 0 Å². The molecular weight excluding hydrogens is 360 g/mol. The number of nitrogens with two attached hydrogens (primary N) is 1. The highest BCUT2D eigenvalue weighted by molar-refractivity contribution is 7.99. The van der Waals surface area contributed by atoms with E-state index in [4.69, 9.17) is 15.2 Å². The minimum Gasteiger partial charge on any atom is -0.493 e. The van der Waals surface area contributed by atoms with Crippen molar-refractivity contribution in [2.24, 2.45) is 11.1 Å². The van der Waals surface area contributed by atoms with Crippen molar-refractivity contribution >= 4 is 30.1 Å². The van der Waals surface area contributed by atoms with Gasteiger partial charge in [-0.3, -0.25) is 4.79 Å². The molecule has 5 nitrogen and oxygen atoms in total. The number of methoxy groups -OCH3 is 2. The summed E-state index contributed by atoms with van der Waals surface area (Å²) < 4.78 is 10.5. The first-order chi connectivity index (χ1) is 11.4. The number of piperidine rings is 1. The SMILES string of the molecule is COc1ccc(SCCC(=O)N2CCC(N)C(C)(C)C2)cc1OC.Cl. The molecule has 1 aliphatic rings. The van der Waals surface area contributed by atoms with Gasteiger partial charge in [0, 0.05) is 36.2 Å². The van der Waals surface area contributed by atoms with Crippen LogP contribution in [0.4, 0.5) is 0 Å². The molecule has 0 aliphatic carbocycles. The molecule has 2 N–H and O–H groups in total. The summed E-state index contributed by atoms with van der Waals surface area (Å²) in [7, 11) is 3.24. The van der Waals surface area contributed by atoms with Crippen LogP contribution in [0.1, 0.15) is 26.7 Å². The summed E-state index contributed by atoms with van der Waals surface area (Å²) in [6.45, 7) is 5.78. The molecule has 1 heterocycles. The van der Waals surface area contributed by atoms with E-state index in [-0.39, 0.29) is 29.8 Å². The van der Waals surface area contributed by atoms with Gasteiger partial charge in [0.05, 0.1) is 14.2 Å². The largest absolute Gasteiger partial charge is 0.493 e. The third-order valence-corrected chi connectivity index (χ3v) is 5.60. The average Bonchev–Trinajstić information content (AvgIpc) is 2.56. The molecule has 2 rings (SSSR count). The summed E-state index contributed by atoms with van der Waals surface area (Å²) in [5.41, 5.74) is 6.13. The highest BCUT2D eigenvalue weighted by atomic mass is 35.5. The van der Waals surface area contributed by atoms with Gasteiger partial charge in [0.15, 0.2) is 11.5 Å². The van der Waals surface area contributed by atoms with Gasteiger partial charge < -0.3 is 20.1 Å². The molecular formula is C18H29ClN2O3S. The summed E-state index contributed by atoms with van der Waals surface area (Å²) in [4.78, 5) is 15.5. The van der Waals surface area contributed by atoms with Crippen LogP contribution in [-0.4, -0.2) is 49.9 Å². The summed E-state index contributed by atoms with van der Waals surface area (Å²) in [5.74, 6) is 2.38. The quantitative estimate of drug-likeness (QED) is 0.758. The second kappa shape index (κ2) is 9.55. The Morgan fingerprint density at radius 1 is 1.32 bits per heavy atom. The van der Waals surface area contributed by atoms with Gasteiger partial charge in [-0.25, -0.2) is 0 Å². The number of hydrogen-bond acceptors (Lipinski definition) is 5. The number of halogens is 1. The third kappa shape index (κ3) is 5.69. The average molecular weight is 389 g/mol. The fourth-order valence-corrected chi connectivity index (χ4v) is 3.77. The summed E-state index contributed by atoms with van der Waals surface area (Å²) in [6, 6.07) is 5.98.